The van der Waals surface area contributed by atoms with Gasteiger partial charge in [0.1, 0.15) is 0 Å². The number of rotatable bonds is 12. The Hall–Kier alpha value is -0.200. The molecule has 0 aromatic carbocycles. The predicted molar refractivity (Wildman–Crippen MR) is 74.2 cm³/mol. The van der Waals surface area contributed by atoms with Crippen LogP contribution in [0.5, 0.6) is 0 Å². The molecule has 0 aliphatic heterocycles. The fourth-order valence-corrected chi connectivity index (χ4v) is 2.20. The number of hydrogen-bond donors (Lipinski definition) is 2. The van der Waals surface area contributed by atoms with Gasteiger partial charge in [0.25, 0.3) is 0 Å². The molecular weight excluding hydrogens is 248 g/mol. The molecule has 0 aromatic heterocycles. The topological polar surface area (TPSA) is 68.2 Å². The van der Waals surface area contributed by atoms with Crippen molar-refractivity contribution in [3.8, 4) is 0 Å². The van der Waals surface area contributed by atoms with Crippen LogP contribution in [0.2, 0.25) is 0 Å². The average molecular weight is 278 g/mol. The third-order valence-corrected chi connectivity index (χ3v) is 2.85. The normalized spacial score (nSPS) is 14.1. The molecule has 5 heteroatoms. The van der Waals surface area contributed by atoms with E-state index in [1.807, 2.05) is 0 Å². The van der Waals surface area contributed by atoms with Gasteiger partial charge in [0.05, 0.1) is 52.4 Å². The van der Waals surface area contributed by atoms with Gasteiger partial charge in [0.15, 0.2) is 0 Å². The SMILES string of the molecule is CC(C)C(OCCO)C(C)(C)COCCOCCO. The highest BCUT2D eigenvalue weighted by Crippen LogP contribution is 2.29. The molecule has 2 N–H and O–H groups in total. The van der Waals surface area contributed by atoms with E-state index in [-0.39, 0.29) is 24.7 Å². The second-order valence-corrected chi connectivity index (χ2v) is 5.64. The largest absolute Gasteiger partial charge is 0.394 e. The van der Waals surface area contributed by atoms with Crippen LogP contribution < -0.4 is 0 Å². The second-order valence-electron chi connectivity index (χ2n) is 5.64. The molecule has 5 nitrogen and oxygen atoms in total. The Morgan fingerprint density at radius 1 is 0.895 bits per heavy atom. The van der Waals surface area contributed by atoms with Crippen LogP contribution in [0, 0.1) is 11.3 Å². The molecule has 0 spiro atoms. The van der Waals surface area contributed by atoms with E-state index in [0.29, 0.717) is 39.0 Å². The molecule has 116 valence electrons. The highest BCUT2D eigenvalue weighted by atomic mass is 16.5. The van der Waals surface area contributed by atoms with Crippen LogP contribution in [0.3, 0.4) is 0 Å². The first-order valence-electron chi connectivity index (χ1n) is 6.94. The Morgan fingerprint density at radius 3 is 2.00 bits per heavy atom. The summed E-state index contributed by atoms with van der Waals surface area (Å²) < 4.78 is 16.5. The summed E-state index contributed by atoms with van der Waals surface area (Å²) in [5, 5.41) is 17.4. The van der Waals surface area contributed by atoms with E-state index in [1.54, 1.807) is 0 Å². The first kappa shape index (κ1) is 18.8. The molecule has 1 atom stereocenters. The van der Waals surface area contributed by atoms with Crippen LogP contribution in [0.1, 0.15) is 27.7 Å². The first-order valence-corrected chi connectivity index (χ1v) is 6.94. The van der Waals surface area contributed by atoms with E-state index in [9.17, 15) is 0 Å². The van der Waals surface area contributed by atoms with Crippen LogP contribution >= 0.6 is 0 Å². The summed E-state index contributed by atoms with van der Waals surface area (Å²) >= 11 is 0. The smallest absolute Gasteiger partial charge is 0.0701 e. The van der Waals surface area contributed by atoms with E-state index < -0.39 is 0 Å². The molecule has 0 heterocycles. The molecule has 0 aliphatic rings. The van der Waals surface area contributed by atoms with Gasteiger partial charge in [-0.1, -0.05) is 27.7 Å². The Labute approximate surface area is 116 Å². The van der Waals surface area contributed by atoms with E-state index in [4.69, 9.17) is 24.4 Å². The van der Waals surface area contributed by atoms with Crippen molar-refractivity contribution in [2.45, 2.75) is 33.8 Å². The minimum Gasteiger partial charge on any atom is -0.394 e. The van der Waals surface area contributed by atoms with Crippen molar-refractivity contribution in [1.82, 2.24) is 0 Å². The summed E-state index contributed by atoms with van der Waals surface area (Å²) in [5.74, 6) is 0.357. The zero-order chi connectivity index (χ0) is 14.7. The van der Waals surface area contributed by atoms with Crippen molar-refractivity contribution in [2.75, 3.05) is 46.2 Å². The van der Waals surface area contributed by atoms with Crippen molar-refractivity contribution < 1.29 is 24.4 Å². The van der Waals surface area contributed by atoms with Crippen LogP contribution in [0.15, 0.2) is 0 Å². The minimum absolute atomic E-state index is 0.0369. The van der Waals surface area contributed by atoms with Gasteiger partial charge in [0, 0.05) is 5.41 Å². The molecule has 19 heavy (non-hydrogen) atoms. The lowest BCUT2D eigenvalue weighted by Crippen LogP contribution is -2.40. The van der Waals surface area contributed by atoms with Gasteiger partial charge < -0.3 is 24.4 Å². The van der Waals surface area contributed by atoms with Gasteiger partial charge in [-0.3, -0.25) is 0 Å². The molecule has 0 fully saturated rings. The lowest BCUT2D eigenvalue weighted by Gasteiger charge is -2.36. The predicted octanol–water partition coefficient (Wildman–Crippen LogP) is 1.07. The van der Waals surface area contributed by atoms with Gasteiger partial charge in [-0.05, 0) is 5.92 Å². The van der Waals surface area contributed by atoms with Crippen molar-refractivity contribution in [1.29, 1.82) is 0 Å². The minimum atomic E-state index is -0.125. The van der Waals surface area contributed by atoms with Crippen LogP contribution in [-0.4, -0.2) is 62.6 Å². The van der Waals surface area contributed by atoms with E-state index in [0.717, 1.165) is 0 Å². The highest BCUT2D eigenvalue weighted by Gasteiger charge is 2.33. The molecule has 0 saturated heterocycles. The molecule has 0 saturated carbocycles. The molecule has 0 bridgehead atoms. The molecule has 0 rings (SSSR count). The second kappa shape index (κ2) is 10.6. The standard InChI is InChI=1S/C14H30O5/c1-12(2)13(19-8-6-16)14(3,4)11-18-10-9-17-7-5-15/h12-13,15-16H,5-11H2,1-4H3. The average Bonchev–Trinajstić information content (AvgIpc) is 2.33. The van der Waals surface area contributed by atoms with Gasteiger partial charge in [-0.25, -0.2) is 0 Å². The fraction of sp³-hybridized carbons (Fsp3) is 1.00. The first-order chi connectivity index (χ1) is 8.95. The van der Waals surface area contributed by atoms with Gasteiger partial charge in [0.2, 0.25) is 0 Å². The summed E-state index contributed by atoms with van der Waals surface area (Å²) in [7, 11) is 0. The summed E-state index contributed by atoms with van der Waals surface area (Å²) in [6.07, 6.45) is 0.0398. The lowest BCUT2D eigenvalue weighted by atomic mass is 9.81. The monoisotopic (exact) mass is 278 g/mol. The number of hydrogen-bond acceptors (Lipinski definition) is 5. The number of ether oxygens (including phenoxy) is 3. The third kappa shape index (κ3) is 8.55. The Morgan fingerprint density at radius 2 is 1.47 bits per heavy atom. The van der Waals surface area contributed by atoms with Crippen LogP contribution in [0.25, 0.3) is 0 Å². The molecule has 0 radical (unpaired) electrons. The molecule has 1 unspecified atom stereocenters. The Balaban J connectivity index is 4.02. The zero-order valence-electron chi connectivity index (χ0n) is 12.7. The maximum absolute atomic E-state index is 8.87. The van der Waals surface area contributed by atoms with Crippen LogP contribution in [0.4, 0.5) is 0 Å². The molecular formula is C14H30O5. The molecule has 0 aliphatic carbocycles. The third-order valence-electron chi connectivity index (χ3n) is 2.85. The summed E-state index contributed by atoms with van der Waals surface area (Å²) in [5.41, 5.74) is -0.125. The summed E-state index contributed by atoms with van der Waals surface area (Å²) in [6, 6.07) is 0. The Bertz CT molecular complexity index is 206. The van der Waals surface area contributed by atoms with E-state index >= 15 is 0 Å². The van der Waals surface area contributed by atoms with Crippen LogP contribution in [-0.2, 0) is 14.2 Å². The van der Waals surface area contributed by atoms with Crippen molar-refractivity contribution in [3.05, 3.63) is 0 Å². The zero-order valence-corrected chi connectivity index (χ0v) is 12.7. The van der Waals surface area contributed by atoms with Gasteiger partial charge >= 0.3 is 0 Å². The Kier molecular flexibility index (Phi) is 10.5. The van der Waals surface area contributed by atoms with Gasteiger partial charge in [-0.15, -0.1) is 0 Å². The van der Waals surface area contributed by atoms with Gasteiger partial charge in [-0.2, -0.15) is 0 Å². The van der Waals surface area contributed by atoms with Crippen molar-refractivity contribution in [3.63, 3.8) is 0 Å². The van der Waals surface area contributed by atoms with Crippen molar-refractivity contribution >= 4 is 0 Å². The molecule has 0 amide bonds. The summed E-state index contributed by atoms with van der Waals surface area (Å²) in [6.45, 7) is 10.8. The maximum atomic E-state index is 8.87. The highest BCUT2D eigenvalue weighted by molar-refractivity contribution is 4.81. The summed E-state index contributed by atoms with van der Waals surface area (Å²) in [4.78, 5) is 0. The van der Waals surface area contributed by atoms with E-state index in [1.165, 1.54) is 0 Å². The van der Waals surface area contributed by atoms with E-state index in [2.05, 4.69) is 27.7 Å². The van der Waals surface area contributed by atoms with Crippen molar-refractivity contribution in [2.24, 2.45) is 11.3 Å². The fourth-order valence-electron chi connectivity index (χ4n) is 2.20. The quantitative estimate of drug-likeness (QED) is 0.523. The molecule has 0 aromatic rings. The maximum Gasteiger partial charge on any atom is 0.0701 e. The number of aliphatic hydroxyl groups is 2. The number of aliphatic hydroxyl groups excluding tert-OH is 2. The lowest BCUT2D eigenvalue weighted by molar-refractivity contribution is -0.0974.